The van der Waals surface area contributed by atoms with E-state index in [1.807, 2.05) is 11.8 Å². The number of nitrogens with one attached hydrogen (secondary N) is 1. The summed E-state index contributed by atoms with van der Waals surface area (Å²) in [5, 5.41) is 13.5. The van der Waals surface area contributed by atoms with Gasteiger partial charge in [0, 0.05) is 10.4 Å². The highest BCUT2D eigenvalue weighted by atomic mass is 32.2. The van der Waals surface area contributed by atoms with Gasteiger partial charge in [0.1, 0.15) is 0 Å². The minimum atomic E-state index is -0.00669. The zero-order valence-corrected chi connectivity index (χ0v) is 13.3. The number of rotatable bonds is 8. The van der Waals surface area contributed by atoms with Crippen LogP contribution in [0.4, 0.5) is 0 Å². The maximum Gasteiger partial charge on any atom is 0.0616 e. The maximum atomic E-state index is 9.86. The largest absolute Gasteiger partial charge is 0.394 e. The van der Waals surface area contributed by atoms with E-state index in [1.54, 1.807) is 0 Å². The first-order valence-electron chi connectivity index (χ1n) is 7.84. The summed E-state index contributed by atoms with van der Waals surface area (Å²) in [6, 6.07) is 10.6. The number of benzene rings is 1. The van der Waals surface area contributed by atoms with Crippen molar-refractivity contribution in [3.8, 4) is 0 Å². The van der Waals surface area contributed by atoms with Crippen LogP contribution in [0.5, 0.6) is 0 Å². The van der Waals surface area contributed by atoms with E-state index in [2.05, 4.69) is 42.6 Å². The number of aliphatic hydroxyl groups excluding tert-OH is 1. The Morgan fingerprint density at radius 1 is 1.35 bits per heavy atom. The molecule has 0 spiro atoms. The third-order valence-electron chi connectivity index (χ3n) is 4.44. The van der Waals surface area contributed by atoms with E-state index in [1.165, 1.54) is 24.2 Å². The monoisotopic (exact) mass is 293 g/mol. The topological polar surface area (TPSA) is 32.3 Å². The van der Waals surface area contributed by atoms with Gasteiger partial charge in [-0.25, -0.2) is 0 Å². The molecule has 3 heteroatoms. The highest BCUT2D eigenvalue weighted by molar-refractivity contribution is 7.99. The molecule has 1 fully saturated rings. The van der Waals surface area contributed by atoms with Gasteiger partial charge in [0.05, 0.1) is 6.61 Å². The second-order valence-corrected chi connectivity index (χ2v) is 6.95. The molecule has 0 amide bonds. The van der Waals surface area contributed by atoms with Crippen molar-refractivity contribution >= 4 is 11.8 Å². The van der Waals surface area contributed by atoms with Gasteiger partial charge >= 0.3 is 0 Å². The summed E-state index contributed by atoms with van der Waals surface area (Å²) in [6.45, 7) is 3.49. The van der Waals surface area contributed by atoms with Gasteiger partial charge in [-0.15, -0.1) is 11.8 Å². The molecule has 0 saturated heterocycles. The Labute approximate surface area is 127 Å². The van der Waals surface area contributed by atoms with Crippen molar-refractivity contribution in [2.75, 3.05) is 18.9 Å². The lowest BCUT2D eigenvalue weighted by atomic mass is 9.85. The molecule has 2 N–H and O–H groups in total. The van der Waals surface area contributed by atoms with E-state index in [0.717, 1.165) is 25.1 Å². The normalized spacial score (nSPS) is 26.0. The fraction of sp³-hybridized carbons (Fsp3) is 0.647. The highest BCUT2D eigenvalue weighted by Crippen LogP contribution is 2.38. The molecule has 2 atom stereocenters. The average Bonchev–Trinajstić information content (AvgIpc) is 2.90. The minimum absolute atomic E-state index is 0.00669. The van der Waals surface area contributed by atoms with Gasteiger partial charge in [0.2, 0.25) is 0 Å². The molecule has 0 bridgehead atoms. The Morgan fingerprint density at radius 3 is 2.85 bits per heavy atom. The fourth-order valence-corrected chi connectivity index (χ4v) is 4.26. The van der Waals surface area contributed by atoms with Crippen molar-refractivity contribution in [3.63, 3.8) is 0 Å². The summed E-state index contributed by atoms with van der Waals surface area (Å²) in [4.78, 5) is 1.35. The van der Waals surface area contributed by atoms with Crippen LogP contribution in [0.25, 0.3) is 0 Å². The summed E-state index contributed by atoms with van der Waals surface area (Å²) in [5.41, 5.74) is -0.00669. The summed E-state index contributed by atoms with van der Waals surface area (Å²) in [6.07, 6.45) is 5.96. The number of thioether (sulfide) groups is 1. The van der Waals surface area contributed by atoms with Crippen LogP contribution < -0.4 is 5.32 Å². The van der Waals surface area contributed by atoms with Crippen LogP contribution in [0.15, 0.2) is 35.2 Å². The molecule has 2 unspecified atom stereocenters. The van der Waals surface area contributed by atoms with E-state index in [9.17, 15) is 5.11 Å². The van der Waals surface area contributed by atoms with Crippen molar-refractivity contribution in [3.05, 3.63) is 30.3 Å². The summed E-state index contributed by atoms with van der Waals surface area (Å²) >= 11 is 1.93. The summed E-state index contributed by atoms with van der Waals surface area (Å²) in [7, 11) is 0. The van der Waals surface area contributed by atoms with E-state index in [0.29, 0.717) is 5.92 Å². The molecule has 2 rings (SSSR count). The lowest BCUT2D eigenvalue weighted by Crippen LogP contribution is -2.51. The molecule has 2 nitrogen and oxygen atoms in total. The van der Waals surface area contributed by atoms with Crippen molar-refractivity contribution in [2.24, 2.45) is 5.92 Å². The summed E-state index contributed by atoms with van der Waals surface area (Å²) in [5.74, 6) is 1.76. The molecule has 1 aliphatic rings. The number of hydrogen-bond acceptors (Lipinski definition) is 3. The molecular weight excluding hydrogens is 266 g/mol. The number of aliphatic hydroxyl groups is 1. The molecule has 0 aliphatic heterocycles. The maximum absolute atomic E-state index is 9.86. The van der Waals surface area contributed by atoms with Gasteiger partial charge < -0.3 is 10.4 Å². The van der Waals surface area contributed by atoms with Gasteiger partial charge in [0.15, 0.2) is 0 Å². The Balaban J connectivity index is 1.84. The second kappa shape index (κ2) is 8.06. The van der Waals surface area contributed by atoms with E-state index < -0.39 is 0 Å². The van der Waals surface area contributed by atoms with Crippen molar-refractivity contribution < 1.29 is 5.11 Å². The third kappa shape index (κ3) is 4.00. The zero-order chi connectivity index (χ0) is 14.3. The van der Waals surface area contributed by atoms with E-state index >= 15 is 0 Å². The minimum Gasteiger partial charge on any atom is -0.394 e. The molecule has 1 aromatic rings. The number of hydrogen-bond donors (Lipinski definition) is 2. The van der Waals surface area contributed by atoms with Gasteiger partial charge in [-0.1, -0.05) is 31.5 Å². The van der Waals surface area contributed by atoms with Gasteiger partial charge in [-0.2, -0.15) is 0 Å². The molecule has 1 saturated carbocycles. The molecule has 20 heavy (non-hydrogen) atoms. The lowest BCUT2D eigenvalue weighted by molar-refractivity contribution is 0.122. The molecular formula is C17H27NOS. The quantitative estimate of drug-likeness (QED) is 0.717. The Hall–Kier alpha value is -0.510. The standard InChI is InChI=1S/C17H27NOS/c1-2-12-18-17(14-19)11-6-7-15(17)10-13-20-16-8-4-3-5-9-16/h3-5,8-9,15,18-19H,2,6-7,10-14H2,1H3. The molecule has 0 aromatic heterocycles. The average molecular weight is 293 g/mol. The van der Waals surface area contributed by atoms with Crippen molar-refractivity contribution in [1.29, 1.82) is 0 Å². The molecule has 1 aliphatic carbocycles. The summed E-state index contributed by atoms with van der Waals surface area (Å²) < 4.78 is 0. The first-order chi connectivity index (χ1) is 9.80. The van der Waals surface area contributed by atoms with E-state index in [4.69, 9.17) is 0 Å². The first kappa shape index (κ1) is 15.9. The van der Waals surface area contributed by atoms with Crippen LogP contribution in [0, 0.1) is 5.92 Å². The third-order valence-corrected chi connectivity index (χ3v) is 5.49. The molecule has 0 radical (unpaired) electrons. The molecule has 1 aromatic carbocycles. The SMILES string of the molecule is CCCNC1(CO)CCCC1CCSc1ccccc1. The first-order valence-corrected chi connectivity index (χ1v) is 8.83. The zero-order valence-electron chi connectivity index (χ0n) is 12.5. The van der Waals surface area contributed by atoms with Gasteiger partial charge in [-0.3, -0.25) is 0 Å². The molecule has 0 heterocycles. The Kier molecular flexibility index (Phi) is 6.40. The van der Waals surface area contributed by atoms with Crippen LogP contribution in [0.3, 0.4) is 0 Å². The van der Waals surface area contributed by atoms with Gasteiger partial charge in [0.25, 0.3) is 0 Å². The smallest absolute Gasteiger partial charge is 0.0616 e. The second-order valence-electron chi connectivity index (χ2n) is 5.78. The predicted octanol–water partition coefficient (Wildman–Crippen LogP) is 3.70. The van der Waals surface area contributed by atoms with Gasteiger partial charge in [-0.05, 0) is 56.0 Å². The Bertz CT molecular complexity index is 384. The van der Waals surface area contributed by atoms with Crippen LogP contribution in [0.2, 0.25) is 0 Å². The lowest BCUT2D eigenvalue weighted by Gasteiger charge is -2.35. The van der Waals surface area contributed by atoms with Crippen LogP contribution >= 0.6 is 11.8 Å². The Morgan fingerprint density at radius 2 is 2.15 bits per heavy atom. The van der Waals surface area contributed by atoms with Crippen molar-refractivity contribution in [2.45, 2.75) is 49.5 Å². The van der Waals surface area contributed by atoms with Crippen LogP contribution in [-0.2, 0) is 0 Å². The van der Waals surface area contributed by atoms with Crippen LogP contribution in [-0.4, -0.2) is 29.5 Å². The van der Waals surface area contributed by atoms with E-state index in [-0.39, 0.29) is 12.1 Å². The van der Waals surface area contributed by atoms with Crippen molar-refractivity contribution in [1.82, 2.24) is 5.32 Å². The fourth-order valence-electron chi connectivity index (χ4n) is 3.27. The highest BCUT2D eigenvalue weighted by Gasteiger charge is 2.41. The molecule has 112 valence electrons. The van der Waals surface area contributed by atoms with Crippen LogP contribution in [0.1, 0.15) is 39.0 Å². The predicted molar refractivity (Wildman–Crippen MR) is 87.2 cm³/mol.